The van der Waals surface area contributed by atoms with Crippen molar-refractivity contribution in [2.45, 2.75) is 19.8 Å². The zero-order chi connectivity index (χ0) is 11.5. The maximum atomic E-state index is 12.1. The van der Waals surface area contributed by atoms with E-state index in [1.165, 1.54) is 11.1 Å². The summed E-state index contributed by atoms with van der Waals surface area (Å²) in [7, 11) is 0. The normalized spacial score (nSPS) is 14.5. The smallest absolute Gasteiger partial charge is 0.254 e. The number of fused-ring (bicyclic) bond motifs is 1. The highest BCUT2D eigenvalue weighted by Crippen LogP contribution is 2.21. The Kier molecular flexibility index (Phi) is 2.91. The van der Waals surface area contributed by atoms with Crippen LogP contribution in [-0.4, -0.2) is 23.9 Å². The fraction of sp³-hybridized carbons (Fsp3) is 0.385. The van der Waals surface area contributed by atoms with Crippen LogP contribution in [0.5, 0.6) is 0 Å². The van der Waals surface area contributed by atoms with Crippen LogP contribution in [0.3, 0.4) is 0 Å². The van der Waals surface area contributed by atoms with E-state index < -0.39 is 0 Å². The third kappa shape index (κ3) is 1.79. The van der Waals surface area contributed by atoms with Crippen molar-refractivity contribution in [1.29, 1.82) is 5.26 Å². The summed E-state index contributed by atoms with van der Waals surface area (Å²) in [4.78, 5) is 13.9. The Morgan fingerprint density at radius 3 is 3.06 bits per heavy atom. The van der Waals surface area contributed by atoms with Gasteiger partial charge in [0.2, 0.25) is 0 Å². The van der Waals surface area contributed by atoms with Crippen LogP contribution < -0.4 is 0 Å². The average Bonchev–Trinajstić information content (AvgIpc) is 2.29. The minimum absolute atomic E-state index is 0.0696. The van der Waals surface area contributed by atoms with Gasteiger partial charge < -0.3 is 4.90 Å². The lowest BCUT2D eigenvalue weighted by molar-refractivity contribution is 0.0743. The van der Waals surface area contributed by atoms with Crippen LogP contribution in [0.25, 0.3) is 0 Å². The van der Waals surface area contributed by atoms with E-state index in [1.54, 1.807) is 4.90 Å². The van der Waals surface area contributed by atoms with Gasteiger partial charge in [-0.1, -0.05) is 12.1 Å². The van der Waals surface area contributed by atoms with Crippen LogP contribution in [0.15, 0.2) is 18.2 Å². The molecule has 3 nitrogen and oxygen atoms in total. The molecule has 1 amide bonds. The van der Waals surface area contributed by atoms with E-state index in [-0.39, 0.29) is 5.91 Å². The van der Waals surface area contributed by atoms with E-state index in [1.807, 2.05) is 25.1 Å². The standard InChI is InChI=1S/C13H14N2O/c1-10-4-2-5-12-11(10)6-9-15(13(12)16)8-3-7-14/h2,4-5H,3,6,8-9H2,1H3. The molecule has 2 rings (SSSR count). The Morgan fingerprint density at radius 2 is 2.31 bits per heavy atom. The summed E-state index contributed by atoms with van der Waals surface area (Å²) < 4.78 is 0. The molecule has 1 heterocycles. The van der Waals surface area contributed by atoms with Crippen LogP contribution >= 0.6 is 0 Å². The number of carbonyl (C=O) groups excluding carboxylic acids is 1. The van der Waals surface area contributed by atoms with Gasteiger partial charge in [0.05, 0.1) is 12.5 Å². The van der Waals surface area contributed by atoms with E-state index in [0.717, 1.165) is 18.5 Å². The van der Waals surface area contributed by atoms with Gasteiger partial charge in [-0.2, -0.15) is 5.26 Å². The molecule has 0 aliphatic carbocycles. The number of hydrogen-bond donors (Lipinski definition) is 0. The van der Waals surface area contributed by atoms with Gasteiger partial charge in [-0.05, 0) is 30.5 Å². The van der Waals surface area contributed by atoms with Crippen LogP contribution in [0.2, 0.25) is 0 Å². The van der Waals surface area contributed by atoms with Crippen molar-refractivity contribution in [2.24, 2.45) is 0 Å². The molecular weight excluding hydrogens is 200 g/mol. The lowest BCUT2D eigenvalue weighted by Crippen LogP contribution is -2.38. The molecule has 0 saturated heterocycles. The van der Waals surface area contributed by atoms with Crippen molar-refractivity contribution in [1.82, 2.24) is 4.90 Å². The zero-order valence-corrected chi connectivity index (χ0v) is 9.36. The second-order valence-electron chi connectivity index (χ2n) is 4.05. The van der Waals surface area contributed by atoms with E-state index >= 15 is 0 Å². The molecule has 0 aromatic heterocycles. The molecule has 3 heteroatoms. The van der Waals surface area contributed by atoms with Crippen molar-refractivity contribution >= 4 is 5.91 Å². The summed E-state index contributed by atoms with van der Waals surface area (Å²) in [6.45, 7) is 3.32. The van der Waals surface area contributed by atoms with Crippen LogP contribution in [0.1, 0.15) is 27.9 Å². The van der Waals surface area contributed by atoms with Crippen LogP contribution in [-0.2, 0) is 6.42 Å². The first-order valence-electron chi connectivity index (χ1n) is 5.48. The van der Waals surface area contributed by atoms with Gasteiger partial charge in [-0.25, -0.2) is 0 Å². The minimum atomic E-state index is 0.0696. The van der Waals surface area contributed by atoms with Gasteiger partial charge >= 0.3 is 0 Å². The molecule has 16 heavy (non-hydrogen) atoms. The molecule has 0 bridgehead atoms. The van der Waals surface area contributed by atoms with Gasteiger partial charge in [-0.15, -0.1) is 0 Å². The van der Waals surface area contributed by atoms with Crippen molar-refractivity contribution in [3.63, 3.8) is 0 Å². The third-order valence-corrected chi connectivity index (χ3v) is 3.05. The summed E-state index contributed by atoms with van der Waals surface area (Å²) in [6.07, 6.45) is 1.31. The van der Waals surface area contributed by atoms with Crippen LogP contribution in [0.4, 0.5) is 0 Å². The lowest BCUT2D eigenvalue weighted by atomic mass is 9.94. The number of rotatable bonds is 2. The predicted octanol–water partition coefficient (Wildman–Crippen LogP) is 1.91. The maximum absolute atomic E-state index is 12.1. The highest BCUT2D eigenvalue weighted by molar-refractivity contribution is 5.97. The van der Waals surface area contributed by atoms with Gasteiger partial charge in [0, 0.05) is 18.7 Å². The second kappa shape index (κ2) is 4.36. The quantitative estimate of drug-likeness (QED) is 0.754. The van der Waals surface area contributed by atoms with E-state index in [4.69, 9.17) is 5.26 Å². The number of benzene rings is 1. The van der Waals surface area contributed by atoms with Crippen molar-refractivity contribution in [3.05, 3.63) is 34.9 Å². The predicted molar refractivity (Wildman–Crippen MR) is 61.0 cm³/mol. The first kappa shape index (κ1) is 10.7. The molecular formula is C13H14N2O. The number of amides is 1. The maximum Gasteiger partial charge on any atom is 0.254 e. The monoisotopic (exact) mass is 214 g/mol. The Labute approximate surface area is 95.3 Å². The summed E-state index contributed by atoms with van der Waals surface area (Å²) in [5.41, 5.74) is 3.16. The lowest BCUT2D eigenvalue weighted by Gasteiger charge is -2.28. The molecule has 0 fully saturated rings. The Balaban J connectivity index is 2.26. The Bertz CT molecular complexity index is 459. The molecule has 1 aromatic carbocycles. The molecule has 1 aliphatic heterocycles. The van der Waals surface area contributed by atoms with Gasteiger partial charge in [0.15, 0.2) is 0 Å². The highest BCUT2D eigenvalue weighted by Gasteiger charge is 2.24. The number of nitriles is 1. The van der Waals surface area contributed by atoms with Crippen molar-refractivity contribution in [2.75, 3.05) is 13.1 Å². The summed E-state index contributed by atoms with van der Waals surface area (Å²) in [5.74, 6) is 0.0696. The average molecular weight is 214 g/mol. The molecule has 0 unspecified atom stereocenters. The van der Waals surface area contributed by atoms with Gasteiger partial charge in [0.25, 0.3) is 5.91 Å². The fourth-order valence-electron chi connectivity index (χ4n) is 2.15. The van der Waals surface area contributed by atoms with E-state index in [2.05, 4.69) is 6.07 Å². The molecule has 82 valence electrons. The number of nitrogens with zero attached hydrogens (tertiary/aromatic N) is 2. The molecule has 0 N–H and O–H groups in total. The van der Waals surface area contributed by atoms with Gasteiger partial charge in [-0.3, -0.25) is 4.79 Å². The zero-order valence-electron chi connectivity index (χ0n) is 9.36. The Hall–Kier alpha value is -1.82. The number of aryl methyl sites for hydroxylation is 1. The molecule has 0 atom stereocenters. The van der Waals surface area contributed by atoms with E-state index in [0.29, 0.717) is 13.0 Å². The molecule has 1 aromatic rings. The highest BCUT2D eigenvalue weighted by atomic mass is 16.2. The first-order chi connectivity index (χ1) is 7.74. The topological polar surface area (TPSA) is 44.1 Å². The Morgan fingerprint density at radius 1 is 1.50 bits per heavy atom. The minimum Gasteiger partial charge on any atom is -0.337 e. The molecule has 0 spiro atoms. The van der Waals surface area contributed by atoms with Crippen molar-refractivity contribution in [3.8, 4) is 6.07 Å². The SMILES string of the molecule is Cc1cccc2c1CCN(CCC#N)C2=O. The first-order valence-corrected chi connectivity index (χ1v) is 5.48. The fourth-order valence-corrected chi connectivity index (χ4v) is 2.15. The summed E-state index contributed by atoms with van der Waals surface area (Å²) in [5, 5.41) is 8.53. The largest absolute Gasteiger partial charge is 0.337 e. The molecule has 0 saturated carbocycles. The van der Waals surface area contributed by atoms with Crippen LogP contribution in [0, 0.1) is 18.3 Å². The second-order valence-corrected chi connectivity index (χ2v) is 4.05. The summed E-state index contributed by atoms with van der Waals surface area (Å²) >= 11 is 0. The van der Waals surface area contributed by atoms with Crippen molar-refractivity contribution < 1.29 is 4.79 Å². The van der Waals surface area contributed by atoms with E-state index in [9.17, 15) is 4.79 Å². The van der Waals surface area contributed by atoms with Gasteiger partial charge in [0.1, 0.15) is 0 Å². The summed E-state index contributed by atoms with van der Waals surface area (Å²) in [6, 6.07) is 7.91. The molecule has 0 radical (unpaired) electrons. The number of carbonyl (C=O) groups is 1. The third-order valence-electron chi connectivity index (χ3n) is 3.05. The number of hydrogen-bond acceptors (Lipinski definition) is 2. The molecule has 1 aliphatic rings.